The van der Waals surface area contributed by atoms with E-state index in [-0.39, 0.29) is 41.9 Å². The summed E-state index contributed by atoms with van der Waals surface area (Å²) in [5.74, 6) is -1.76. The summed E-state index contributed by atoms with van der Waals surface area (Å²) in [6.45, 7) is -0.145. The van der Waals surface area contributed by atoms with E-state index >= 15 is 0 Å². The number of rotatable bonds is 3. The van der Waals surface area contributed by atoms with E-state index in [1.165, 1.54) is 24.3 Å². The van der Waals surface area contributed by atoms with Gasteiger partial charge in [-0.2, -0.15) is 13.2 Å². The Morgan fingerprint density at radius 2 is 1.44 bits per heavy atom. The van der Waals surface area contributed by atoms with E-state index in [0.717, 1.165) is 6.07 Å². The van der Waals surface area contributed by atoms with Crippen LogP contribution in [0.15, 0.2) is 30.3 Å². The number of alkyl halides is 3. The van der Waals surface area contributed by atoms with Crippen LogP contribution in [-0.2, 0) is 4.79 Å². The number of ether oxygens (including phenoxy) is 4. The van der Waals surface area contributed by atoms with Crippen molar-refractivity contribution < 1.29 is 41.7 Å². The predicted octanol–water partition coefficient (Wildman–Crippen LogP) is 2.88. The molecule has 0 atom stereocenters. The first-order valence-electron chi connectivity index (χ1n) is 7.59. The maximum Gasteiger partial charge on any atom is 0.471 e. The summed E-state index contributed by atoms with van der Waals surface area (Å²) in [7, 11) is 0. The SMILES string of the molecule is O=C(c1ccc2c(c1)OCO2)c1cc2c(cc1NC(=O)C(F)(F)F)OCO2. The molecule has 0 bridgehead atoms. The maximum atomic E-state index is 12.9. The topological polar surface area (TPSA) is 83.1 Å². The molecular formula is C17H10F3NO6. The molecule has 0 aliphatic carbocycles. The number of benzene rings is 2. The van der Waals surface area contributed by atoms with Gasteiger partial charge >= 0.3 is 12.1 Å². The van der Waals surface area contributed by atoms with Gasteiger partial charge in [-0.25, -0.2) is 0 Å². The van der Waals surface area contributed by atoms with Crippen molar-refractivity contribution in [1.82, 2.24) is 0 Å². The zero-order valence-corrected chi connectivity index (χ0v) is 13.4. The van der Waals surface area contributed by atoms with E-state index in [1.807, 2.05) is 0 Å². The highest BCUT2D eigenvalue weighted by Gasteiger charge is 2.39. The highest BCUT2D eigenvalue weighted by molar-refractivity contribution is 6.15. The minimum absolute atomic E-state index is 0.00386. The Morgan fingerprint density at radius 1 is 0.852 bits per heavy atom. The third kappa shape index (κ3) is 3.09. The van der Waals surface area contributed by atoms with E-state index in [0.29, 0.717) is 11.5 Å². The van der Waals surface area contributed by atoms with Crippen molar-refractivity contribution in [2.75, 3.05) is 18.9 Å². The largest absolute Gasteiger partial charge is 0.471 e. The second-order valence-corrected chi connectivity index (χ2v) is 5.60. The molecule has 2 aliphatic heterocycles. The zero-order valence-electron chi connectivity index (χ0n) is 13.4. The Balaban J connectivity index is 1.74. The van der Waals surface area contributed by atoms with Crippen LogP contribution in [-0.4, -0.2) is 31.5 Å². The summed E-state index contributed by atoms with van der Waals surface area (Å²) in [6, 6.07) is 6.70. The summed E-state index contributed by atoms with van der Waals surface area (Å²) >= 11 is 0. The minimum Gasteiger partial charge on any atom is -0.454 e. The Bertz CT molecular complexity index is 956. The van der Waals surface area contributed by atoms with Crippen LogP contribution in [0.4, 0.5) is 18.9 Å². The van der Waals surface area contributed by atoms with Gasteiger partial charge in [-0.05, 0) is 24.3 Å². The van der Waals surface area contributed by atoms with Crippen LogP contribution in [0.1, 0.15) is 15.9 Å². The van der Waals surface area contributed by atoms with Crippen molar-refractivity contribution in [3.05, 3.63) is 41.5 Å². The van der Waals surface area contributed by atoms with E-state index < -0.39 is 17.9 Å². The number of hydrogen-bond acceptors (Lipinski definition) is 6. The molecule has 2 heterocycles. The first kappa shape index (κ1) is 17.0. The molecule has 2 aromatic rings. The number of carbonyl (C=O) groups is 2. The van der Waals surface area contributed by atoms with Crippen molar-refractivity contribution in [2.45, 2.75) is 6.18 Å². The minimum atomic E-state index is -5.12. The number of carbonyl (C=O) groups excluding carboxylic acids is 2. The number of nitrogens with one attached hydrogen (secondary N) is 1. The number of hydrogen-bond donors (Lipinski definition) is 1. The summed E-state index contributed by atoms with van der Waals surface area (Å²) in [5.41, 5.74) is -0.388. The van der Waals surface area contributed by atoms with Crippen molar-refractivity contribution in [2.24, 2.45) is 0 Å². The van der Waals surface area contributed by atoms with E-state index in [2.05, 4.69) is 0 Å². The van der Waals surface area contributed by atoms with Gasteiger partial charge in [0.15, 0.2) is 28.8 Å². The highest BCUT2D eigenvalue weighted by atomic mass is 19.4. The molecular weight excluding hydrogens is 371 g/mol. The van der Waals surface area contributed by atoms with E-state index in [4.69, 9.17) is 18.9 Å². The molecule has 0 unspecified atom stereocenters. The Morgan fingerprint density at radius 3 is 2.11 bits per heavy atom. The monoisotopic (exact) mass is 381 g/mol. The lowest BCUT2D eigenvalue weighted by atomic mass is 10.00. The lowest BCUT2D eigenvalue weighted by Gasteiger charge is -2.13. The Hall–Kier alpha value is -3.43. The molecule has 2 aliphatic rings. The lowest BCUT2D eigenvalue weighted by Crippen LogP contribution is -2.30. The first-order valence-corrected chi connectivity index (χ1v) is 7.59. The molecule has 1 amide bonds. The molecule has 0 aromatic heterocycles. The molecule has 0 fully saturated rings. The molecule has 0 saturated heterocycles. The smallest absolute Gasteiger partial charge is 0.454 e. The molecule has 0 spiro atoms. The molecule has 140 valence electrons. The Kier molecular flexibility index (Phi) is 3.83. The van der Waals surface area contributed by atoms with Gasteiger partial charge in [0.05, 0.1) is 11.3 Å². The molecule has 0 saturated carbocycles. The second-order valence-electron chi connectivity index (χ2n) is 5.60. The van der Waals surface area contributed by atoms with Gasteiger partial charge in [0.2, 0.25) is 13.6 Å². The fourth-order valence-electron chi connectivity index (χ4n) is 2.62. The molecule has 0 radical (unpaired) electrons. The fourth-order valence-corrected chi connectivity index (χ4v) is 2.62. The maximum absolute atomic E-state index is 12.9. The third-order valence-electron chi connectivity index (χ3n) is 3.90. The van der Waals surface area contributed by atoms with Crippen molar-refractivity contribution in [1.29, 1.82) is 0 Å². The quantitative estimate of drug-likeness (QED) is 0.824. The van der Waals surface area contributed by atoms with Crippen molar-refractivity contribution >= 4 is 17.4 Å². The number of amides is 1. The van der Waals surface area contributed by atoms with Gasteiger partial charge < -0.3 is 24.3 Å². The average Bonchev–Trinajstić information content (AvgIpc) is 3.27. The first-order chi connectivity index (χ1) is 12.8. The van der Waals surface area contributed by atoms with Crippen LogP contribution in [0.3, 0.4) is 0 Å². The average molecular weight is 381 g/mol. The summed E-state index contributed by atoms with van der Waals surface area (Å²) in [4.78, 5) is 24.2. The molecule has 10 heteroatoms. The lowest BCUT2D eigenvalue weighted by molar-refractivity contribution is -0.167. The van der Waals surface area contributed by atoms with Crippen molar-refractivity contribution in [3.8, 4) is 23.0 Å². The van der Waals surface area contributed by atoms with Gasteiger partial charge in [-0.15, -0.1) is 0 Å². The van der Waals surface area contributed by atoms with Crippen LogP contribution in [0.2, 0.25) is 0 Å². The predicted molar refractivity (Wildman–Crippen MR) is 83.2 cm³/mol. The van der Waals surface area contributed by atoms with Crippen molar-refractivity contribution in [3.63, 3.8) is 0 Å². The number of halogens is 3. The highest BCUT2D eigenvalue weighted by Crippen LogP contribution is 2.39. The van der Waals surface area contributed by atoms with Crippen LogP contribution in [0.25, 0.3) is 0 Å². The summed E-state index contributed by atoms with van der Waals surface area (Å²) < 4.78 is 58.5. The standard InChI is InChI=1S/C17H10F3NO6/c18-17(19,20)16(23)21-10-5-14-13(26-7-27-14)4-9(10)15(22)8-1-2-11-12(3-8)25-6-24-11/h1-5H,6-7H2,(H,21,23). The van der Waals surface area contributed by atoms with E-state index in [1.54, 1.807) is 5.32 Å². The number of fused-ring (bicyclic) bond motifs is 2. The summed E-state index contributed by atoms with van der Waals surface area (Å²) in [5, 5.41) is 1.71. The van der Waals surface area contributed by atoms with E-state index in [9.17, 15) is 22.8 Å². The van der Waals surface area contributed by atoms with Crippen LogP contribution < -0.4 is 24.3 Å². The molecule has 2 aromatic carbocycles. The number of ketones is 1. The second kappa shape index (κ2) is 6.08. The molecule has 1 N–H and O–H groups in total. The zero-order chi connectivity index (χ0) is 19.2. The normalized spacial score (nSPS) is 14.2. The van der Waals surface area contributed by atoms with Crippen LogP contribution in [0.5, 0.6) is 23.0 Å². The van der Waals surface area contributed by atoms with Crippen LogP contribution >= 0.6 is 0 Å². The fraction of sp³-hybridized carbons (Fsp3) is 0.176. The molecule has 7 nitrogen and oxygen atoms in total. The summed E-state index contributed by atoms with van der Waals surface area (Å²) in [6.07, 6.45) is -5.12. The van der Waals surface area contributed by atoms with Gasteiger partial charge in [-0.1, -0.05) is 0 Å². The van der Waals surface area contributed by atoms with Gasteiger partial charge in [0.1, 0.15) is 0 Å². The van der Waals surface area contributed by atoms with Gasteiger partial charge in [-0.3, -0.25) is 9.59 Å². The number of anilines is 1. The van der Waals surface area contributed by atoms with Gasteiger partial charge in [0, 0.05) is 11.6 Å². The van der Waals surface area contributed by atoms with Gasteiger partial charge in [0.25, 0.3) is 0 Å². The van der Waals surface area contributed by atoms with Crippen LogP contribution in [0, 0.1) is 0 Å². The third-order valence-corrected chi connectivity index (χ3v) is 3.90. The molecule has 27 heavy (non-hydrogen) atoms. The molecule has 4 rings (SSSR count). The Labute approximate surface area is 149 Å².